The number of carbonyl (C=O) groups excluding carboxylic acids is 1. The zero-order valence-electron chi connectivity index (χ0n) is 26.1. The zero-order valence-corrected chi connectivity index (χ0v) is 27.0. The first-order valence-corrected chi connectivity index (χ1v) is 16.5. The van der Waals surface area contributed by atoms with E-state index in [1.165, 1.54) is 11.3 Å². The number of benzene rings is 1. The van der Waals surface area contributed by atoms with E-state index in [4.69, 9.17) is 19.2 Å². The van der Waals surface area contributed by atoms with Crippen LogP contribution in [0.15, 0.2) is 24.4 Å². The molecule has 3 fully saturated rings. The Morgan fingerprint density at radius 2 is 2.02 bits per heavy atom. The molecule has 3 aliphatic heterocycles. The van der Waals surface area contributed by atoms with Gasteiger partial charge in [0.25, 0.3) is 0 Å². The van der Waals surface area contributed by atoms with Crippen molar-refractivity contribution in [2.75, 3.05) is 56.2 Å². The Balaban J connectivity index is 1.27. The summed E-state index contributed by atoms with van der Waals surface area (Å²) in [5.74, 6) is -0.112. The molecule has 6 heterocycles. The molecule has 3 saturated heterocycles. The second kappa shape index (κ2) is 12.1. The standard InChI is InChI=1S/C32H37F2N7O4S/c1-31(2,3)45-30(42)39-29-37-24-20(7-4-8-22(24)46-29)25-23(34)26-21(16-35-25)27(40-10-6-13-43-14-12-40)38-28(36-26)44-18-32-9-5-11-41(32)17-19(33)15-32/h4,7-8,16,19H,5-6,9-15,17-18H2,1-3H3,(H,37,39,42). The number of pyridine rings is 1. The van der Waals surface area contributed by atoms with E-state index in [9.17, 15) is 9.18 Å². The van der Waals surface area contributed by atoms with Gasteiger partial charge in [0, 0.05) is 44.4 Å². The fourth-order valence-electron chi connectivity index (χ4n) is 6.70. The maximum Gasteiger partial charge on any atom is 0.413 e. The number of amides is 1. The number of nitrogens with one attached hydrogen (secondary N) is 1. The molecule has 3 aromatic heterocycles. The van der Waals surface area contributed by atoms with E-state index in [0.29, 0.717) is 66.7 Å². The highest BCUT2D eigenvalue weighted by Gasteiger charge is 2.49. The molecule has 14 heteroatoms. The van der Waals surface area contributed by atoms with Crippen LogP contribution in [0.2, 0.25) is 0 Å². The number of rotatable bonds is 6. The van der Waals surface area contributed by atoms with Crippen LogP contribution in [0.25, 0.3) is 32.4 Å². The second-order valence-corrected chi connectivity index (χ2v) is 14.2. The van der Waals surface area contributed by atoms with Gasteiger partial charge in [0.05, 0.1) is 27.7 Å². The summed E-state index contributed by atoms with van der Waals surface area (Å²) in [5, 5.41) is 3.46. The fraction of sp³-hybridized carbons (Fsp3) is 0.531. The average Bonchev–Trinajstić information content (AvgIpc) is 3.59. The van der Waals surface area contributed by atoms with Gasteiger partial charge in [-0.3, -0.25) is 15.2 Å². The van der Waals surface area contributed by atoms with Gasteiger partial charge in [0.2, 0.25) is 0 Å². The Hall–Kier alpha value is -3.75. The third kappa shape index (κ3) is 6.05. The number of halogens is 2. The SMILES string of the molecule is CC(C)(C)OC(=O)Nc1nc2c(-c3ncc4c(N5CCCOCC5)nc(OCC56CCCN5CC(F)C6)nc4c3F)cccc2s1. The van der Waals surface area contributed by atoms with Crippen LogP contribution >= 0.6 is 11.3 Å². The summed E-state index contributed by atoms with van der Waals surface area (Å²) in [6, 6.07) is 5.42. The number of hydrogen-bond acceptors (Lipinski definition) is 11. The number of nitrogens with zero attached hydrogens (tertiary/aromatic N) is 6. The van der Waals surface area contributed by atoms with Gasteiger partial charge in [0.1, 0.15) is 35.4 Å². The van der Waals surface area contributed by atoms with Crippen molar-refractivity contribution in [3.63, 3.8) is 0 Å². The maximum atomic E-state index is 16.7. The van der Waals surface area contributed by atoms with Crippen molar-refractivity contribution in [3.8, 4) is 17.3 Å². The number of ether oxygens (including phenoxy) is 3. The lowest BCUT2D eigenvalue weighted by molar-refractivity contribution is 0.0636. The first-order valence-electron chi connectivity index (χ1n) is 15.7. The van der Waals surface area contributed by atoms with Gasteiger partial charge < -0.3 is 19.1 Å². The minimum absolute atomic E-state index is 0.0444. The minimum Gasteiger partial charge on any atom is -0.461 e. The first kappa shape index (κ1) is 30.9. The number of alkyl halides is 1. The highest BCUT2D eigenvalue weighted by molar-refractivity contribution is 7.22. The summed E-state index contributed by atoms with van der Waals surface area (Å²) in [6.45, 7) is 9.18. The number of anilines is 2. The summed E-state index contributed by atoms with van der Waals surface area (Å²) in [7, 11) is 0. The molecule has 11 nitrogen and oxygen atoms in total. The van der Waals surface area contributed by atoms with Crippen molar-refractivity contribution < 1.29 is 27.8 Å². The van der Waals surface area contributed by atoms with Crippen LogP contribution in [0.3, 0.4) is 0 Å². The molecular formula is C32H37F2N7O4S. The van der Waals surface area contributed by atoms with Crippen LogP contribution in [0.1, 0.15) is 46.5 Å². The number of para-hydroxylation sites is 1. The summed E-state index contributed by atoms with van der Waals surface area (Å²) in [6.07, 6.45) is 3.08. The summed E-state index contributed by atoms with van der Waals surface area (Å²) < 4.78 is 49.1. The van der Waals surface area contributed by atoms with Crippen LogP contribution < -0.4 is 15.0 Å². The Morgan fingerprint density at radius 3 is 2.87 bits per heavy atom. The maximum absolute atomic E-state index is 16.7. The molecule has 1 amide bonds. The molecule has 0 saturated carbocycles. The van der Waals surface area contributed by atoms with E-state index in [0.717, 1.165) is 30.5 Å². The van der Waals surface area contributed by atoms with Gasteiger partial charge in [-0.1, -0.05) is 23.5 Å². The molecule has 4 aromatic rings. The number of aromatic nitrogens is 4. The normalized spacial score (nSPS) is 22.3. The first-order chi connectivity index (χ1) is 22.1. The molecule has 7 rings (SSSR count). The van der Waals surface area contributed by atoms with E-state index in [1.807, 2.05) is 11.0 Å². The van der Waals surface area contributed by atoms with Crippen molar-refractivity contribution in [2.24, 2.45) is 0 Å². The van der Waals surface area contributed by atoms with Crippen LogP contribution in [0.4, 0.5) is 24.5 Å². The monoisotopic (exact) mass is 653 g/mol. The third-order valence-corrected chi connectivity index (χ3v) is 9.61. The smallest absolute Gasteiger partial charge is 0.413 e. The summed E-state index contributed by atoms with van der Waals surface area (Å²) >= 11 is 1.25. The minimum atomic E-state index is -0.895. The fourth-order valence-corrected chi connectivity index (χ4v) is 7.58. The molecule has 0 bridgehead atoms. The number of carbonyl (C=O) groups is 1. The number of hydrogen-bond donors (Lipinski definition) is 1. The molecule has 2 atom stereocenters. The molecule has 0 aliphatic carbocycles. The van der Waals surface area contributed by atoms with Crippen molar-refractivity contribution in [3.05, 3.63) is 30.2 Å². The van der Waals surface area contributed by atoms with Crippen LogP contribution in [-0.4, -0.2) is 94.2 Å². The Morgan fingerprint density at radius 1 is 1.15 bits per heavy atom. The molecule has 3 aliphatic rings. The van der Waals surface area contributed by atoms with Crippen LogP contribution in [0, 0.1) is 5.82 Å². The van der Waals surface area contributed by atoms with E-state index < -0.39 is 29.2 Å². The zero-order chi connectivity index (χ0) is 32.1. The lowest BCUT2D eigenvalue weighted by atomic mass is 9.95. The van der Waals surface area contributed by atoms with E-state index in [1.54, 1.807) is 39.1 Å². The lowest BCUT2D eigenvalue weighted by Crippen LogP contribution is -2.43. The van der Waals surface area contributed by atoms with E-state index >= 15 is 4.39 Å². The van der Waals surface area contributed by atoms with Crippen molar-refractivity contribution in [1.29, 1.82) is 0 Å². The molecule has 0 spiro atoms. The quantitative estimate of drug-likeness (QED) is 0.267. The average molecular weight is 654 g/mol. The number of fused-ring (bicyclic) bond motifs is 3. The molecule has 1 aromatic carbocycles. The molecule has 1 N–H and O–H groups in total. The molecular weight excluding hydrogens is 616 g/mol. The predicted octanol–water partition coefficient (Wildman–Crippen LogP) is 5.97. The Kier molecular flexibility index (Phi) is 8.14. The van der Waals surface area contributed by atoms with Gasteiger partial charge in [-0.05, 0) is 52.6 Å². The van der Waals surface area contributed by atoms with E-state index in [-0.39, 0.29) is 23.8 Å². The van der Waals surface area contributed by atoms with Gasteiger partial charge in [0.15, 0.2) is 10.9 Å². The van der Waals surface area contributed by atoms with Crippen molar-refractivity contribution in [2.45, 2.75) is 63.8 Å². The topological polar surface area (TPSA) is 115 Å². The predicted molar refractivity (Wildman–Crippen MR) is 172 cm³/mol. The van der Waals surface area contributed by atoms with Gasteiger partial charge in [-0.25, -0.2) is 18.6 Å². The molecule has 2 unspecified atom stereocenters. The van der Waals surface area contributed by atoms with Crippen LogP contribution in [-0.2, 0) is 9.47 Å². The Labute approximate surface area is 269 Å². The van der Waals surface area contributed by atoms with Gasteiger partial charge in [-0.2, -0.15) is 9.97 Å². The Bertz CT molecular complexity index is 1780. The summed E-state index contributed by atoms with van der Waals surface area (Å²) in [5.41, 5.74) is 0.0144. The third-order valence-electron chi connectivity index (χ3n) is 8.68. The largest absolute Gasteiger partial charge is 0.461 e. The second-order valence-electron chi connectivity index (χ2n) is 13.1. The molecule has 244 valence electrons. The number of thiazole rings is 1. The molecule has 0 radical (unpaired) electrons. The van der Waals surface area contributed by atoms with Gasteiger partial charge in [-0.15, -0.1) is 0 Å². The highest BCUT2D eigenvalue weighted by atomic mass is 32.1. The summed E-state index contributed by atoms with van der Waals surface area (Å²) in [4.78, 5) is 35.1. The molecule has 46 heavy (non-hydrogen) atoms. The van der Waals surface area contributed by atoms with E-state index in [2.05, 4.69) is 25.2 Å². The van der Waals surface area contributed by atoms with Crippen LogP contribution in [0.5, 0.6) is 6.01 Å². The van der Waals surface area contributed by atoms with Gasteiger partial charge >= 0.3 is 12.1 Å². The lowest BCUT2D eigenvalue weighted by Gasteiger charge is -2.31. The van der Waals surface area contributed by atoms with Crippen molar-refractivity contribution >= 4 is 49.5 Å². The van der Waals surface area contributed by atoms with Crippen molar-refractivity contribution in [1.82, 2.24) is 24.8 Å². The highest BCUT2D eigenvalue weighted by Crippen LogP contribution is 2.41.